The lowest BCUT2D eigenvalue weighted by atomic mass is 9.96. The van der Waals surface area contributed by atoms with Crippen molar-refractivity contribution in [1.82, 2.24) is 5.32 Å². The van der Waals surface area contributed by atoms with Gasteiger partial charge in [-0.3, -0.25) is 10.1 Å². The van der Waals surface area contributed by atoms with E-state index in [1.165, 1.54) is 17.7 Å². The molecule has 0 radical (unpaired) electrons. The Labute approximate surface area is 181 Å². The van der Waals surface area contributed by atoms with Gasteiger partial charge in [0, 0.05) is 11.8 Å². The van der Waals surface area contributed by atoms with Crippen LogP contribution in [0.15, 0.2) is 66.7 Å². The van der Waals surface area contributed by atoms with Crippen molar-refractivity contribution in [3.63, 3.8) is 0 Å². The number of benzene rings is 3. The number of fused-ring (bicyclic) bond motifs is 1. The number of anilines is 1. The number of hydrogen-bond acceptors (Lipinski definition) is 4. The summed E-state index contributed by atoms with van der Waals surface area (Å²) in [4.78, 5) is 12.9. The molecule has 4 rings (SSSR count). The highest BCUT2D eigenvalue weighted by molar-refractivity contribution is 5.95. The molecular formula is C25H25FN2O3. The molecule has 160 valence electrons. The lowest BCUT2D eigenvalue weighted by Gasteiger charge is -2.24. The van der Waals surface area contributed by atoms with Crippen LogP contribution in [0.5, 0.6) is 11.5 Å². The fourth-order valence-corrected chi connectivity index (χ4v) is 3.57. The summed E-state index contributed by atoms with van der Waals surface area (Å²) >= 11 is 0. The molecule has 3 aromatic rings. The lowest BCUT2D eigenvalue weighted by molar-refractivity contribution is -0.117. The van der Waals surface area contributed by atoms with Crippen molar-refractivity contribution < 1.29 is 18.7 Å². The number of nitrogens with one attached hydrogen (secondary N) is 2. The highest BCUT2D eigenvalue weighted by Gasteiger charge is 2.22. The largest absolute Gasteiger partial charge is 0.454 e. The number of halogens is 1. The summed E-state index contributed by atoms with van der Waals surface area (Å²) in [6.07, 6.45) is 0.937. The van der Waals surface area contributed by atoms with E-state index in [1.54, 1.807) is 31.2 Å². The predicted octanol–water partition coefficient (Wildman–Crippen LogP) is 4.82. The molecule has 2 atom stereocenters. The Balaban J connectivity index is 1.53. The fraction of sp³-hybridized carbons (Fsp3) is 0.240. The first-order valence-electron chi connectivity index (χ1n) is 10.3. The number of aryl methyl sites for hydroxylation is 1. The standard InChI is InChI=1S/C25H25FN2O3/c1-3-17-7-9-18(10-8-17)24(19-5-4-6-20(26)13-19)27-16(2)25(29)28-21-11-12-22-23(14-21)31-15-30-22/h4-14,16,24,27H,3,15H2,1-2H3,(H,28,29)/t16-,24-/m0/s1. The maximum absolute atomic E-state index is 13.9. The van der Waals surface area contributed by atoms with E-state index in [-0.39, 0.29) is 24.6 Å². The Hall–Kier alpha value is -3.38. The fourth-order valence-electron chi connectivity index (χ4n) is 3.57. The van der Waals surface area contributed by atoms with Crippen LogP contribution in [0.1, 0.15) is 36.6 Å². The van der Waals surface area contributed by atoms with Crippen molar-refractivity contribution in [3.05, 3.63) is 89.2 Å². The first-order chi connectivity index (χ1) is 15.0. The van der Waals surface area contributed by atoms with Crippen LogP contribution in [0.25, 0.3) is 0 Å². The molecule has 0 saturated carbocycles. The van der Waals surface area contributed by atoms with Gasteiger partial charge in [-0.1, -0.05) is 43.3 Å². The molecule has 1 aliphatic heterocycles. The normalized spacial score (nSPS) is 14.2. The minimum atomic E-state index is -0.537. The van der Waals surface area contributed by atoms with Gasteiger partial charge in [-0.15, -0.1) is 0 Å². The van der Waals surface area contributed by atoms with Crippen molar-refractivity contribution >= 4 is 11.6 Å². The molecule has 0 fully saturated rings. The Morgan fingerprint density at radius 1 is 1.00 bits per heavy atom. The van der Waals surface area contributed by atoms with Crippen LogP contribution in [-0.2, 0) is 11.2 Å². The second-order valence-corrected chi connectivity index (χ2v) is 7.53. The maximum Gasteiger partial charge on any atom is 0.241 e. The molecule has 2 N–H and O–H groups in total. The SMILES string of the molecule is CCc1ccc([C@H](N[C@@H](C)C(=O)Nc2ccc3c(c2)OCO3)c2cccc(F)c2)cc1. The van der Waals surface area contributed by atoms with Crippen molar-refractivity contribution in [2.45, 2.75) is 32.4 Å². The maximum atomic E-state index is 13.9. The number of amides is 1. The zero-order chi connectivity index (χ0) is 21.8. The van der Waals surface area contributed by atoms with E-state index in [9.17, 15) is 9.18 Å². The highest BCUT2D eigenvalue weighted by atomic mass is 19.1. The Bertz CT molecular complexity index is 1070. The van der Waals surface area contributed by atoms with Gasteiger partial charge in [0.25, 0.3) is 0 Å². The van der Waals surface area contributed by atoms with E-state index in [0.717, 1.165) is 17.5 Å². The van der Waals surface area contributed by atoms with Gasteiger partial charge >= 0.3 is 0 Å². The van der Waals surface area contributed by atoms with Crippen molar-refractivity contribution in [1.29, 1.82) is 0 Å². The Morgan fingerprint density at radius 3 is 2.52 bits per heavy atom. The first kappa shape index (κ1) is 20.9. The summed E-state index contributed by atoms with van der Waals surface area (Å²) in [7, 11) is 0. The third-order valence-electron chi connectivity index (χ3n) is 5.35. The minimum Gasteiger partial charge on any atom is -0.454 e. The van der Waals surface area contributed by atoms with Crippen LogP contribution in [-0.4, -0.2) is 18.7 Å². The third kappa shape index (κ3) is 4.86. The summed E-state index contributed by atoms with van der Waals surface area (Å²) in [5, 5.41) is 6.25. The molecule has 5 nitrogen and oxygen atoms in total. The average Bonchev–Trinajstić information content (AvgIpc) is 3.25. The second-order valence-electron chi connectivity index (χ2n) is 7.53. The Morgan fingerprint density at radius 2 is 1.77 bits per heavy atom. The van der Waals surface area contributed by atoms with Gasteiger partial charge in [-0.05, 0) is 54.3 Å². The average molecular weight is 420 g/mol. The molecule has 0 spiro atoms. The van der Waals surface area contributed by atoms with Gasteiger partial charge < -0.3 is 14.8 Å². The first-order valence-corrected chi connectivity index (χ1v) is 10.3. The molecule has 0 saturated heterocycles. The van der Waals surface area contributed by atoms with Crippen LogP contribution in [0.4, 0.5) is 10.1 Å². The topological polar surface area (TPSA) is 59.6 Å². The van der Waals surface area contributed by atoms with Crippen molar-refractivity contribution in [3.8, 4) is 11.5 Å². The molecule has 1 heterocycles. The van der Waals surface area contributed by atoms with Crippen LogP contribution in [0, 0.1) is 5.82 Å². The van der Waals surface area contributed by atoms with E-state index in [0.29, 0.717) is 17.2 Å². The minimum absolute atomic E-state index is 0.177. The van der Waals surface area contributed by atoms with Gasteiger partial charge in [-0.25, -0.2) is 4.39 Å². The predicted molar refractivity (Wildman–Crippen MR) is 118 cm³/mol. The van der Waals surface area contributed by atoms with Crippen LogP contribution in [0.3, 0.4) is 0 Å². The van der Waals surface area contributed by atoms with Crippen molar-refractivity contribution in [2.75, 3.05) is 12.1 Å². The summed E-state index contributed by atoms with van der Waals surface area (Å²) in [5.74, 6) is 0.746. The van der Waals surface area contributed by atoms with E-state index >= 15 is 0 Å². The monoisotopic (exact) mass is 420 g/mol. The van der Waals surface area contributed by atoms with Gasteiger partial charge in [-0.2, -0.15) is 0 Å². The summed E-state index contributed by atoms with van der Waals surface area (Å²) in [5.41, 5.74) is 3.56. The zero-order valence-corrected chi connectivity index (χ0v) is 17.5. The highest BCUT2D eigenvalue weighted by Crippen LogP contribution is 2.34. The molecule has 3 aromatic carbocycles. The third-order valence-corrected chi connectivity index (χ3v) is 5.35. The van der Waals surface area contributed by atoms with Crippen LogP contribution < -0.4 is 20.1 Å². The summed E-state index contributed by atoms with van der Waals surface area (Å²) in [6.45, 7) is 4.06. The smallest absolute Gasteiger partial charge is 0.241 e. The van der Waals surface area contributed by atoms with Crippen LogP contribution in [0.2, 0.25) is 0 Å². The molecule has 31 heavy (non-hydrogen) atoms. The number of rotatable bonds is 7. The van der Waals surface area contributed by atoms with E-state index < -0.39 is 6.04 Å². The molecule has 0 aliphatic carbocycles. The molecule has 0 bridgehead atoms. The van der Waals surface area contributed by atoms with Crippen molar-refractivity contribution in [2.24, 2.45) is 0 Å². The molecule has 0 unspecified atom stereocenters. The number of carbonyl (C=O) groups is 1. The van der Waals surface area contributed by atoms with E-state index in [2.05, 4.69) is 29.7 Å². The Kier molecular flexibility index (Phi) is 6.18. The quantitative estimate of drug-likeness (QED) is 0.575. The lowest BCUT2D eigenvalue weighted by Crippen LogP contribution is -2.40. The molecule has 1 amide bonds. The molecule has 0 aromatic heterocycles. The van der Waals surface area contributed by atoms with Gasteiger partial charge in [0.2, 0.25) is 12.7 Å². The zero-order valence-electron chi connectivity index (χ0n) is 17.5. The number of ether oxygens (including phenoxy) is 2. The van der Waals surface area contributed by atoms with Gasteiger partial charge in [0.15, 0.2) is 11.5 Å². The van der Waals surface area contributed by atoms with E-state index in [1.807, 2.05) is 18.2 Å². The number of hydrogen-bond donors (Lipinski definition) is 2. The van der Waals surface area contributed by atoms with Gasteiger partial charge in [0.1, 0.15) is 5.82 Å². The molecule has 1 aliphatic rings. The second kappa shape index (κ2) is 9.18. The van der Waals surface area contributed by atoms with E-state index in [4.69, 9.17) is 9.47 Å². The molecular weight excluding hydrogens is 395 g/mol. The molecule has 6 heteroatoms. The summed E-state index contributed by atoms with van der Waals surface area (Å²) in [6, 6.07) is 19.0. The van der Waals surface area contributed by atoms with Gasteiger partial charge in [0.05, 0.1) is 12.1 Å². The van der Waals surface area contributed by atoms with Crippen LogP contribution >= 0.6 is 0 Å². The summed E-state index contributed by atoms with van der Waals surface area (Å²) < 4.78 is 24.6. The number of carbonyl (C=O) groups excluding carboxylic acids is 1.